The van der Waals surface area contributed by atoms with Crippen molar-refractivity contribution in [2.24, 2.45) is 0 Å². The lowest BCUT2D eigenvalue weighted by Crippen LogP contribution is -2.33. The van der Waals surface area contributed by atoms with Crippen molar-refractivity contribution >= 4 is 21.5 Å². The van der Waals surface area contributed by atoms with E-state index in [0.717, 1.165) is 0 Å². The molecule has 0 aromatic carbocycles. The first-order valence-electron chi connectivity index (χ1n) is 4.64. The molecule has 1 fully saturated rings. The van der Waals surface area contributed by atoms with E-state index in [9.17, 15) is 8.42 Å². The van der Waals surface area contributed by atoms with Gasteiger partial charge in [-0.1, -0.05) is 0 Å². The number of nitrogens with zero attached hydrogens (tertiary/aromatic N) is 2. The van der Waals surface area contributed by atoms with E-state index in [1.165, 1.54) is 10.7 Å². The molecule has 2 heterocycles. The Morgan fingerprint density at radius 3 is 2.60 bits per heavy atom. The highest BCUT2D eigenvalue weighted by molar-refractivity contribution is 7.91. The van der Waals surface area contributed by atoms with Crippen molar-refractivity contribution in [3.63, 3.8) is 0 Å². The lowest BCUT2D eigenvalue weighted by atomic mass is 10.0. The van der Waals surface area contributed by atoms with E-state index in [-0.39, 0.29) is 11.5 Å². The van der Waals surface area contributed by atoms with Gasteiger partial charge in [-0.05, 0) is 13.3 Å². The minimum atomic E-state index is -2.97. The Kier molecular flexibility index (Phi) is 1.97. The van der Waals surface area contributed by atoms with Crippen LogP contribution in [0.15, 0.2) is 6.07 Å². The van der Waals surface area contributed by atoms with Crippen molar-refractivity contribution in [2.75, 3.05) is 23.0 Å². The first-order chi connectivity index (χ1) is 6.82. The number of nitrogen functional groups attached to an aromatic ring is 2. The highest BCUT2D eigenvalue weighted by Crippen LogP contribution is 2.32. The average molecular weight is 230 g/mol. The summed E-state index contributed by atoms with van der Waals surface area (Å²) in [6, 6.07) is 1.54. The summed E-state index contributed by atoms with van der Waals surface area (Å²) in [6.45, 7) is 1.83. The van der Waals surface area contributed by atoms with Crippen LogP contribution in [0.4, 0.5) is 11.6 Å². The topological polar surface area (TPSA) is 104 Å². The minimum absolute atomic E-state index is 0.0747. The Morgan fingerprint density at radius 1 is 1.53 bits per heavy atom. The fraction of sp³-hybridized carbons (Fsp3) is 0.625. The predicted molar refractivity (Wildman–Crippen MR) is 58.0 cm³/mol. The molecular formula is C8H14N4O2S. The van der Waals surface area contributed by atoms with Gasteiger partial charge in [0.2, 0.25) is 0 Å². The number of nitrogens with two attached hydrogens (primary N) is 2. The van der Waals surface area contributed by atoms with Crippen molar-refractivity contribution in [1.82, 2.24) is 9.78 Å². The normalized spacial score (nSPS) is 29.4. The molecule has 1 aromatic rings. The quantitative estimate of drug-likeness (QED) is 0.682. The summed E-state index contributed by atoms with van der Waals surface area (Å²) in [5.74, 6) is 0.985. The number of hydrogen-bond acceptors (Lipinski definition) is 5. The smallest absolute Gasteiger partial charge is 0.152 e. The summed E-state index contributed by atoms with van der Waals surface area (Å²) in [6.07, 6.45) is 0.528. The first-order valence-corrected chi connectivity index (χ1v) is 6.46. The molecule has 0 spiro atoms. The van der Waals surface area contributed by atoms with E-state index >= 15 is 0 Å². The number of rotatable bonds is 1. The lowest BCUT2D eigenvalue weighted by molar-refractivity contribution is 0.335. The zero-order valence-corrected chi connectivity index (χ0v) is 9.29. The second kappa shape index (κ2) is 2.88. The van der Waals surface area contributed by atoms with Crippen LogP contribution in [0.25, 0.3) is 0 Å². The van der Waals surface area contributed by atoms with Crippen LogP contribution in [0, 0.1) is 0 Å². The summed E-state index contributed by atoms with van der Waals surface area (Å²) in [5, 5.41) is 4.03. The molecule has 7 heteroatoms. The van der Waals surface area contributed by atoms with E-state index < -0.39 is 15.4 Å². The SMILES string of the molecule is CC1(n2nc(N)cc2N)CCS(=O)(=O)C1. The van der Waals surface area contributed by atoms with Gasteiger partial charge < -0.3 is 11.5 Å². The number of sulfone groups is 1. The fourth-order valence-corrected chi connectivity index (χ4v) is 4.12. The van der Waals surface area contributed by atoms with Gasteiger partial charge in [-0.15, -0.1) is 0 Å². The van der Waals surface area contributed by atoms with Crippen LogP contribution in [-0.2, 0) is 15.4 Å². The third kappa shape index (κ3) is 1.67. The van der Waals surface area contributed by atoms with Crippen molar-refractivity contribution in [3.8, 4) is 0 Å². The van der Waals surface area contributed by atoms with Gasteiger partial charge in [0, 0.05) is 6.07 Å². The second-order valence-corrected chi connectivity index (χ2v) is 6.43. The van der Waals surface area contributed by atoms with Crippen molar-refractivity contribution < 1.29 is 8.42 Å². The van der Waals surface area contributed by atoms with Crippen LogP contribution in [0.1, 0.15) is 13.3 Å². The van der Waals surface area contributed by atoms with Gasteiger partial charge in [0.1, 0.15) is 11.6 Å². The van der Waals surface area contributed by atoms with Gasteiger partial charge in [-0.3, -0.25) is 0 Å². The molecule has 0 bridgehead atoms. The molecule has 15 heavy (non-hydrogen) atoms. The zero-order valence-electron chi connectivity index (χ0n) is 8.47. The summed E-state index contributed by atoms with van der Waals surface area (Å²) < 4.78 is 24.4. The largest absolute Gasteiger partial charge is 0.384 e. The monoisotopic (exact) mass is 230 g/mol. The molecule has 84 valence electrons. The number of hydrogen-bond donors (Lipinski definition) is 2. The van der Waals surface area contributed by atoms with Gasteiger partial charge in [0.15, 0.2) is 9.84 Å². The molecule has 0 aliphatic carbocycles. The Labute approximate surface area is 88.2 Å². The molecule has 1 saturated heterocycles. The summed E-state index contributed by atoms with van der Waals surface area (Å²) in [5.41, 5.74) is 10.7. The molecule has 1 unspecified atom stereocenters. The van der Waals surface area contributed by atoms with E-state index in [4.69, 9.17) is 11.5 Å². The predicted octanol–water partition coefficient (Wildman–Crippen LogP) is -0.419. The zero-order chi connectivity index (χ0) is 11.3. The van der Waals surface area contributed by atoms with Crippen LogP contribution >= 0.6 is 0 Å². The van der Waals surface area contributed by atoms with Crippen LogP contribution in [0.3, 0.4) is 0 Å². The molecule has 1 aliphatic heterocycles. The third-order valence-corrected chi connectivity index (χ3v) is 4.64. The standard InChI is InChI=1S/C8H14N4O2S/c1-8(2-3-15(13,14)5-8)12-7(10)4-6(9)11-12/h4H,2-3,5,10H2,1H3,(H2,9,11). The van der Waals surface area contributed by atoms with Gasteiger partial charge in [-0.25, -0.2) is 13.1 Å². The number of aromatic nitrogens is 2. The van der Waals surface area contributed by atoms with Gasteiger partial charge in [0.05, 0.1) is 17.0 Å². The minimum Gasteiger partial charge on any atom is -0.384 e. The second-order valence-electron chi connectivity index (χ2n) is 4.24. The molecule has 2 rings (SSSR count). The van der Waals surface area contributed by atoms with Crippen molar-refractivity contribution in [3.05, 3.63) is 6.07 Å². The molecule has 0 radical (unpaired) electrons. The van der Waals surface area contributed by atoms with Crippen LogP contribution in [0.5, 0.6) is 0 Å². The Hall–Kier alpha value is -1.24. The van der Waals surface area contributed by atoms with Crippen molar-refractivity contribution in [2.45, 2.75) is 18.9 Å². The maximum Gasteiger partial charge on any atom is 0.152 e. The van der Waals surface area contributed by atoms with Crippen LogP contribution in [-0.4, -0.2) is 29.7 Å². The molecule has 0 saturated carbocycles. The van der Waals surface area contributed by atoms with Gasteiger partial charge in [-0.2, -0.15) is 5.10 Å². The van der Waals surface area contributed by atoms with E-state index in [2.05, 4.69) is 5.10 Å². The average Bonchev–Trinajstić information content (AvgIpc) is 2.54. The highest BCUT2D eigenvalue weighted by Gasteiger charge is 2.41. The van der Waals surface area contributed by atoms with Gasteiger partial charge >= 0.3 is 0 Å². The molecule has 1 atom stereocenters. The first kappa shape index (κ1) is 10.3. The van der Waals surface area contributed by atoms with Gasteiger partial charge in [0.25, 0.3) is 0 Å². The Balaban J connectivity index is 2.44. The Bertz CT molecular complexity index is 493. The molecular weight excluding hydrogens is 216 g/mol. The van der Waals surface area contributed by atoms with Crippen molar-refractivity contribution in [1.29, 1.82) is 0 Å². The summed E-state index contributed by atoms with van der Waals surface area (Å²) >= 11 is 0. The summed E-state index contributed by atoms with van der Waals surface area (Å²) in [7, 11) is -2.97. The molecule has 1 aromatic heterocycles. The molecule has 0 amide bonds. The maximum atomic E-state index is 11.4. The highest BCUT2D eigenvalue weighted by atomic mass is 32.2. The molecule has 1 aliphatic rings. The lowest BCUT2D eigenvalue weighted by Gasteiger charge is -2.23. The third-order valence-electron chi connectivity index (χ3n) is 2.75. The number of anilines is 2. The fourth-order valence-electron chi connectivity index (χ4n) is 2.01. The molecule has 4 N–H and O–H groups in total. The van der Waals surface area contributed by atoms with E-state index in [1.807, 2.05) is 6.92 Å². The maximum absolute atomic E-state index is 11.4. The summed E-state index contributed by atoms with van der Waals surface area (Å²) in [4.78, 5) is 0. The van der Waals surface area contributed by atoms with E-state index in [1.54, 1.807) is 0 Å². The van der Waals surface area contributed by atoms with E-state index in [0.29, 0.717) is 18.1 Å². The van der Waals surface area contributed by atoms with Crippen LogP contribution in [0.2, 0.25) is 0 Å². The molecule has 6 nitrogen and oxygen atoms in total. The van der Waals surface area contributed by atoms with Crippen LogP contribution < -0.4 is 11.5 Å². The Morgan fingerprint density at radius 2 is 2.20 bits per heavy atom.